The van der Waals surface area contributed by atoms with Crippen molar-refractivity contribution in [3.63, 3.8) is 0 Å². The number of hydrogen-bond donors (Lipinski definition) is 1. The summed E-state index contributed by atoms with van der Waals surface area (Å²) >= 11 is 6.03. The fourth-order valence-electron chi connectivity index (χ4n) is 2.74. The molecule has 1 saturated heterocycles. The maximum absolute atomic E-state index is 12.6. The Kier molecular flexibility index (Phi) is 6.39. The highest BCUT2D eigenvalue weighted by Gasteiger charge is 2.32. The second-order valence-electron chi connectivity index (χ2n) is 5.82. The summed E-state index contributed by atoms with van der Waals surface area (Å²) in [6.07, 6.45) is 4.59. The molecule has 0 aliphatic carbocycles. The lowest BCUT2D eigenvalue weighted by Gasteiger charge is -2.30. The van der Waals surface area contributed by atoms with Crippen LogP contribution in [0.2, 0.25) is 0 Å². The maximum atomic E-state index is 12.6. The minimum absolute atomic E-state index is 0.0837. The van der Waals surface area contributed by atoms with E-state index in [9.17, 15) is 13.2 Å². The van der Waals surface area contributed by atoms with E-state index in [4.69, 9.17) is 0 Å². The summed E-state index contributed by atoms with van der Waals surface area (Å²) in [6, 6.07) is 7.02. The zero-order valence-corrected chi connectivity index (χ0v) is 18.0. The van der Waals surface area contributed by atoms with E-state index in [2.05, 4.69) is 26.2 Å². The fraction of sp³-hybridized carbons (Fsp3) is 0.375. The van der Waals surface area contributed by atoms with Gasteiger partial charge in [-0.1, -0.05) is 0 Å². The second-order valence-corrected chi connectivity index (χ2v) is 11.3. The van der Waals surface area contributed by atoms with Crippen LogP contribution in [0.25, 0.3) is 0 Å². The van der Waals surface area contributed by atoms with Gasteiger partial charge in [-0.2, -0.15) is 4.31 Å². The third kappa shape index (κ3) is 4.48. The van der Waals surface area contributed by atoms with Gasteiger partial charge in [0.25, 0.3) is 10.0 Å². The number of piperidine rings is 1. The number of aromatic nitrogens is 1. The van der Waals surface area contributed by atoms with Crippen LogP contribution in [0, 0.1) is 5.92 Å². The van der Waals surface area contributed by atoms with Crippen LogP contribution in [0.4, 0.5) is 5.69 Å². The van der Waals surface area contributed by atoms with Crippen molar-refractivity contribution < 1.29 is 13.2 Å². The van der Waals surface area contributed by atoms with Gasteiger partial charge in [0.2, 0.25) is 5.91 Å². The first kappa shape index (κ1) is 19.8. The highest BCUT2D eigenvalue weighted by Crippen LogP contribution is 2.31. The lowest BCUT2D eigenvalue weighted by atomic mass is 9.97. The monoisotopic (exact) mass is 475 g/mol. The van der Waals surface area contributed by atoms with Crippen LogP contribution in [-0.4, -0.2) is 43.0 Å². The first-order valence-electron chi connectivity index (χ1n) is 7.96. The molecule has 0 atom stereocenters. The van der Waals surface area contributed by atoms with Gasteiger partial charge in [-0.05, 0) is 59.3 Å². The highest BCUT2D eigenvalue weighted by molar-refractivity contribution is 9.11. The standard InChI is InChI=1S/C16H18BrN3O3S3/c1-24-14-4-2-12(10-18-14)19-16(21)11-6-8-20(9-7-11)26(22,23)15-5-3-13(17)25-15/h2-5,10-11H,6-9H2,1H3,(H,19,21). The molecule has 10 heteroatoms. The second kappa shape index (κ2) is 8.39. The van der Waals surface area contributed by atoms with Gasteiger partial charge in [0.15, 0.2) is 0 Å². The molecule has 3 rings (SSSR count). The van der Waals surface area contributed by atoms with Crippen molar-refractivity contribution in [1.29, 1.82) is 0 Å². The van der Waals surface area contributed by atoms with Crippen LogP contribution < -0.4 is 5.32 Å². The smallest absolute Gasteiger partial charge is 0.252 e. The topological polar surface area (TPSA) is 79.4 Å². The van der Waals surface area contributed by atoms with Gasteiger partial charge < -0.3 is 5.32 Å². The highest BCUT2D eigenvalue weighted by atomic mass is 79.9. The van der Waals surface area contributed by atoms with E-state index in [0.717, 1.165) is 8.81 Å². The molecule has 26 heavy (non-hydrogen) atoms. The molecule has 3 heterocycles. The van der Waals surface area contributed by atoms with E-state index in [0.29, 0.717) is 35.8 Å². The number of halogens is 1. The molecule has 2 aromatic heterocycles. The number of carbonyl (C=O) groups is 1. The molecule has 0 aromatic carbocycles. The molecular weight excluding hydrogens is 458 g/mol. The number of nitrogens with zero attached hydrogens (tertiary/aromatic N) is 2. The zero-order chi connectivity index (χ0) is 18.7. The quantitative estimate of drug-likeness (QED) is 0.667. The van der Waals surface area contributed by atoms with Gasteiger partial charge in [-0.25, -0.2) is 13.4 Å². The molecule has 1 fully saturated rings. The Bertz CT molecular complexity index is 876. The Labute approximate surface area is 169 Å². The van der Waals surface area contributed by atoms with Crippen molar-refractivity contribution in [2.24, 2.45) is 5.92 Å². The van der Waals surface area contributed by atoms with Crippen LogP contribution in [0.15, 0.2) is 43.5 Å². The predicted octanol–water partition coefficient (Wildman–Crippen LogP) is 3.67. The lowest BCUT2D eigenvalue weighted by Crippen LogP contribution is -2.41. The minimum atomic E-state index is -3.48. The minimum Gasteiger partial charge on any atom is -0.324 e. The van der Waals surface area contributed by atoms with E-state index < -0.39 is 10.0 Å². The van der Waals surface area contributed by atoms with Crippen molar-refractivity contribution in [2.75, 3.05) is 24.7 Å². The summed E-state index contributed by atoms with van der Waals surface area (Å²) in [5, 5.41) is 3.76. The Balaban J connectivity index is 1.58. The van der Waals surface area contributed by atoms with Crippen molar-refractivity contribution in [2.45, 2.75) is 22.1 Å². The van der Waals surface area contributed by atoms with Gasteiger partial charge in [0, 0.05) is 19.0 Å². The largest absolute Gasteiger partial charge is 0.324 e. The average Bonchev–Trinajstić information content (AvgIpc) is 3.10. The number of amides is 1. The molecule has 140 valence electrons. The predicted molar refractivity (Wildman–Crippen MR) is 108 cm³/mol. The van der Waals surface area contributed by atoms with E-state index in [1.807, 2.05) is 18.4 Å². The van der Waals surface area contributed by atoms with E-state index >= 15 is 0 Å². The van der Waals surface area contributed by atoms with Crippen LogP contribution >= 0.6 is 39.0 Å². The summed E-state index contributed by atoms with van der Waals surface area (Å²) in [5.41, 5.74) is 0.659. The number of thioether (sulfide) groups is 1. The number of anilines is 1. The lowest BCUT2D eigenvalue weighted by molar-refractivity contribution is -0.120. The number of nitrogens with one attached hydrogen (secondary N) is 1. The summed E-state index contributed by atoms with van der Waals surface area (Å²) in [7, 11) is -3.48. The molecule has 2 aromatic rings. The van der Waals surface area contributed by atoms with Crippen LogP contribution in [0.5, 0.6) is 0 Å². The molecular formula is C16H18BrN3O3S3. The normalized spacial score (nSPS) is 16.5. The van der Waals surface area contributed by atoms with Crippen LogP contribution in [0.1, 0.15) is 12.8 Å². The average molecular weight is 476 g/mol. The van der Waals surface area contributed by atoms with E-state index in [1.54, 1.807) is 18.3 Å². The zero-order valence-electron chi connectivity index (χ0n) is 14.0. The third-order valence-electron chi connectivity index (χ3n) is 4.18. The van der Waals surface area contributed by atoms with Crippen molar-refractivity contribution in [1.82, 2.24) is 9.29 Å². The summed E-state index contributed by atoms with van der Waals surface area (Å²) in [6.45, 7) is 0.694. The Morgan fingerprint density at radius 1 is 1.31 bits per heavy atom. The molecule has 6 nitrogen and oxygen atoms in total. The Morgan fingerprint density at radius 2 is 2.04 bits per heavy atom. The Morgan fingerprint density at radius 3 is 2.58 bits per heavy atom. The fourth-order valence-corrected chi connectivity index (χ4v) is 6.74. The van der Waals surface area contributed by atoms with E-state index in [1.165, 1.54) is 27.4 Å². The maximum Gasteiger partial charge on any atom is 0.252 e. The SMILES string of the molecule is CSc1ccc(NC(=O)C2CCN(S(=O)(=O)c3ccc(Br)s3)CC2)cn1. The number of pyridine rings is 1. The summed E-state index contributed by atoms with van der Waals surface area (Å²) < 4.78 is 27.8. The number of hydrogen-bond acceptors (Lipinski definition) is 6. The molecule has 1 N–H and O–H groups in total. The van der Waals surface area contributed by atoms with Gasteiger partial charge in [0.05, 0.1) is 20.7 Å². The van der Waals surface area contributed by atoms with Gasteiger partial charge >= 0.3 is 0 Å². The summed E-state index contributed by atoms with van der Waals surface area (Å²) in [5.74, 6) is -0.281. The molecule has 1 amide bonds. The van der Waals surface area contributed by atoms with Crippen LogP contribution in [-0.2, 0) is 14.8 Å². The van der Waals surface area contributed by atoms with E-state index in [-0.39, 0.29) is 11.8 Å². The molecule has 0 spiro atoms. The van der Waals surface area contributed by atoms with Crippen molar-refractivity contribution in [3.8, 4) is 0 Å². The third-order valence-corrected chi connectivity index (χ3v) is 8.83. The molecule has 1 aliphatic rings. The summed E-state index contributed by atoms with van der Waals surface area (Å²) in [4.78, 5) is 16.7. The number of rotatable bonds is 5. The van der Waals surface area contributed by atoms with Gasteiger partial charge in [-0.15, -0.1) is 23.1 Å². The first-order valence-corrected chi connectivity index (χ1v) is 12.2. The molecule has 0 radical (unpaired) electrons. The molecule has 1 aliphatic heterocycles. The van der Waals surface area contributed by atoms with Crippen LogP contribution in [0.3, 0.4) is 0 Å². The molecule has 0 unspecified atom stereocenters. The number of sulfonamides is 1. The van der Waals surface area contributed by atoms with Crippen molar-refractivity contribution >= 4 is 60.6 Å². The van der Waals surface area contributed by atoms with Gasteiger partial charge in [-0.3, -0.25) is 4.79 Å². The number of carbonyl (C=O) groups excluding carboxylic acids is 1. The molecule has 0 saturated carbocycles. The number of thiophene rings is 1. The van der Waals surface area contributed by atoms with Gasteiger partial charge in [0.1, 0.15) is 4.21 Å². The first-order chi connectivity index (χ1) is 12.4. The Hall–Kier alpha value is -0.940. The van der Waals surface area contributed by atoms with Crippen molar-refractivity contribution in [3.05, 3.63) is 34.2 Å². The molecule has 0 bridgehead atoms.